The van der Waals surface area contributed by atoms with Gasteiger partial charge in [-0.15, -0.1) is 0 Å². The third-order valence-corrected chi connectivity index (χ3v) is 6.61. The maximum absolute atomic E-state index is 13.9. The van der Waals surface area contributed by atoms with Gasteiger partial charge >= 0.3 is 0 Å². The highest BCUT2D eigenvalue weighted by Crippen LogP contribution is 2.22. The monoisotopic (exact) mass is 478 g/mol. The number of aromatic nitrogens is 2. The van der Waals surface area contributed by atoms with Crippen molar-refractivity contribution < 1.29 is 17.6 Å². The van der Waals surface area contributed by atoms with Gasteiger partial charge in [0.15, 0.2) is 0 Å². The number of aromatic amines is 1. The Morgan fingerprint density at radius 3 is 2.50 bits per heavy atom. The van der Waals surface area contributed by atoms with Gasteiger partial charge in [-0.2, -0.15) is 0 Å². The minimum absolute atomic E-state index is 0.152. The maximum atomic E-state index is 13.9. The molecule has 0 fully saturated rings. The second-order valence-corrected chi connectivity index (χ2v) is 9.28. The predicted octanol–water partition coefficient (Wildman–Crippen LogP) is 4.90. The van der Waals surface area contributed by atoms with Crippen LogP contribution in [0.2, 0.25) is 0 Å². The zero-order valence-corrected chi connectivity index (χ0v) is 19.1. The van der Waals surface area contributed by atoms with E-state index in [9.17, 15) is 17.6 Å². The molecule has 3 N–H and O–H groups in total. The van der Waals surface area contributed by atoms with Crippen LogP contribution in [0.5, 0.6) is 0 Å². The van der Waals surface area contributed by atoms with Crippen LogP contribution in [0.3, 0.4) is 0 Å². The smallest absolute Gasteiger partial charge is 0.262 e. The maximum Gasteiger partial charge on any atom is 0.262 e. The summed E-state index contributed by atoms with van der Waals surface area (Å²) in [7, 11) is -4.09. The lowest BCUT2D eigenvalue weighted by atomic mass is 10.1. The molecule has 1 atom stereocenters. The number of imidazole rings is 1. The zero-order valence-electron chi connectivity index (χ0n) is 18.3. The summed E-state index contributed by atoms with van der Waals surface area (Å²) >= 11 is 0. The molecular weight excluding hydrogens is 455 g/mol. The van der Waals surface area contributed by atoms with E-state index in [1.165, 1.54) is 42.5 Å². The van der Waals surface area contributed by atoms with E-state index in [2.05, 4.69) is 20.0 Å². The molecule has 1 heterocycles. The molecule has 0 aliphatic carbocycles. The number of amides is 1. The van der Waals surface area contributed by atoms with Gasteiger partial charge < -0.3 is 10.3 Å². The van der Waals surface area contributed by atoms with Gasteiger partial charge in [-0.3, -0.25) is 9.52 Å². The van der Waals surface area contributed by atoms with Gasteiger partial charge in [0.2, 0.25) is 0 Å². The summed E-state index contributed by atoms with van der Waals surface area (Å²) < 4.78 is 41.6. The first-order chi connectivity index (χ1) is 16.4. The van der Waals surface area contributed by atoms with Gasteiger partial charge in [-0.05, 0) is 42.3 Å². The number of carbonyl (C=O) groups excluding carboxylic acids is 1. The van der Waals surface area contributed by atoms with Crippen LogP contribution in [0.4, 0.5) is 10.1 Å². The number of anilines is 1. The van der Waals surface area contributed by atoms with Crippen molar-refractivity contribution in [3.63, 3.8) is 0 Å². The average Bonchev–Trinajstić information content (AvgIpc) is 3.34. The second kappa shape index (κ2) is 9.88. The van der Waals surface area contributed by atoms with Crippen molar-refractivity contribution in [2.45, 2.75) is 24.3 Å². The Balaban J connectivity index is 1.51. The lowest BCUT2D eigenvalue weighted by Gasteiger charge is -2.15. The van der Waals surface area contributed by atoms with Crippen molar-refractivity contribution in [1.82, 2.24) is 15.3 Å². The molecule has 34 heavy (non-hydrogen) atoms. The molecule has 0 saturated carbocycles. The third kappa shape index (κ3) is 5.15. The van der Waals surface area contributed by atoms with Crippen LogP contribution >= 0.6 is 0 Å². The van der Waals surface area contributed by atoms with Crippen molar-refractivity contribution in [3.8, 4) is 11.3 Å². The van der Waals surface area contributed by atoms with Crippen LogP contribution in [-0.4, -0.2) is 24.3 Å². The van der Waals surface area contributed by atoms with Crippen LogP contribution in [0.1, 0.15) is 35.6 Å². The Labute approximate surface area is 197 Å². The van der Waals surface area contributed by atoms with E-state index in [4.69, 9.17) is 0 Å². The molecule has 0 spiro atoms. The Kier molecular flexibility index (Phi) is 6.74. The molecule has 0 bridgehead atoms. The van der Waals surface area contributed by atoms with Crippen molar-refractivity contribution in [1.29, 1.82) is 0 Å². The van der Waals surface area contributed by atoms with Crippen LogP contribution < -0.4 is 10.0 Å². The Bertz CT molecular complexity index is 1400. The molecule has 0 saturated heterocycles. The first-order valence-corrected chi connectivity index (χ1v) is 12.1. The number of nitrogens with zero attached hydrogens (tertiary/aromatic N) is 1. The van der Waals surface area contributed by atoms with Gasteiger partial charge in [-0.1, -0.05) is 55.5 Å². The van der Waals surface area contributed by atoms with E-state index in [0.29, 0.717) is 12.2 Å². The second-order valence-electron chi connectivity index (χ2n) is 7.60. The van der Waals surface area contributed by atoms with E-state index in [0.717, 1.165) is 17.3 Å². The van der Waals surface area contributed by atoms with Crippen LogP contribution in [-0.2, 0) is 10.0 Å². The lowest BCUT2D eigenvalue weighted by molar-refractivity contribution is 0.0933. The molecule has 1 amide bonds. The molecule has 4 rings (SSSR count). The SMILES string of the molecule is CCC(NC(=O)c1cccc(S(=O)(=O)Nc2ccccc2F)c1)c1ncc(-c2ccccc2)[nH]1. The van der Waals surface area contributed by atoms with Crippen molar-refractivity contribution in [2.75, 3.05) is 4.72 Å². The number of benzene rings is 3. The minimum Gasteiger partial charge on any atom is -0.342 e. The number of H-pyrrole nitrogens is 1. The van der Waals surface area contributed by atoms with E-state index in [1.54, 1.807) is 6.20 Å². The van der Waals surface area contributed by atoms with Gasteiger partial charge in [0, 0.05) is 5.56 Å². The van der Waals surface area contributed by atoms with E-state index < -0.39 is 27.8 Å². The largest absolute Gasteiger partial charge is 0.342 e. The molecular formula is C25H23FN4O3S. The Morgan fingerprint density at radius 2 is 1.76 bits per heavy atom. The lowest BCUT2D eigenvalue weighted by Crippen LogP contribution is -2.29. The van der Waals surface area contributed by atoms with Crippen molar-refractivity contribution in [2.24, 2.45) is 0 Å². The van der Waals surface area contributed by atoms with Crippen LogP contribution in [0.15, 0.2) is 90.0 Å². The molecule has 9 heteroatoms. The molecule has 7 nitrogen and oxygen atoms in total. The van der Waals surface area contributed by atoms with Gasteiger partial charge in [0.25, 0.3) is 15.9 Å². The quantitative estimate of drug-likeness (QED) is 0.335. The van der Waals surface area contributed by atoms with E-state index in [1.807, 2.05) is 37.3 Å². The van der Waals surface area contributed by atoms with E-state index in [-0.39, 0.29) is 16.1 Å². The molecule has 3 aromatic carbocycles. The number of rotatable bonds is 8. The number of nitrogens with one attached hydrogen (secondary N) is 3. The zero-order chi connectivity index (χ0) is 24.1. The Morgan fingerprint density at radius 1 is 1.03 bits per heavy atom. The molecule has 1 aromatic heterocycles. The number of hydrogen-bond donors (Lipinski definition) is 3. The molecule has 0 radical (unpaired) electrons. The standard InChI is InChI=1S/C25H23FN4O3S/c1-2-21(24-27-16-23(28-24)17-9-4-3-5-10-17)29-25(31)18-11-8-12-19(15-18)34(32,33)30-22-14-7-6-13-20(22)26/h3-16,21,30H,2H2,1H3,(H,27,28)(H,29,31). The Hall–Kier alpha value is -3.98. The fraction of sp³-hybridized carbons (Fsp3) is 0.120. The number of para-hydroxylation sites is 1. The summed E-state index contributed by atoms with van der Waals surface area (Å²) in [5.74, 6) is -0.550. The van der Waals surface area contributed by atoms with Crippen molar-refractivity contribution >= 4 is 21.6 Å². The first kappa shape index (κ1) is 23.2. The summed E-state index contributed by atoms with van der Waals surface area (Å²) in [6.45, 7) is 1.91. The molecule has 0 aliphatic rings. The average molecular weight is 479 g/mol. The number of sulfonamides is 1. The number of hydrogen-bond acceptors (Lipinski definition) is 4. The van der Waals surface area contributed by atoms with E-state index >= 15 is 0 Å². The highest BCUT2D eigenvalue weighted by Gasteiger charge is 2.21. The normalized spacial score (nSPS) is 12.2. The van der Waals surface area contributed by atoms with Gasteiger partial charge in [-0.25, -0.2) is 17.8 Å². The minimum atomic E-state index is -4.09. The number of carbonyl (C=O) groups is 1. The summed E-state index contributed by atoms with van der Waals surface area (Å²) in [4.78, 5) is 20.4. The summed E-state index contributed by atoms with van der Waals surface area (Å²) in [6.07, 6.45) is 2.28. The van der Waals surface area contributed by atoms with Crippen LogP contribution in [0.25, 0.3) is 11.3 Å². The van der Waals surface area contributed by atoms with Crippen molar-refractivity contribution in [3.05, 3.63) is 102 Å². The molecule has 4 aromatic rings. The van der Waals surface area contributed by atoms with Crippen LogP contribution in [0, 0.1) is 5.82 Å². The van der Waals surface area contributed by atoms with Gasteiger partial charge in [0.1, 0.15) is 11.6 Å². The predicted molar refractivity (Wildman–Crippen MR) is 128 cm³/mol. The highest BCUT2D eigenvalue weighted by atomic mass is 32.2. The summed E-state index contributed by atoms with van der Waals surface area (Å²) in [6, 6.07) is 20.3. The summed E-state index contributed by atoms with van der Waals surface area (Å²) in [5, 5.41) is 2.89. The first-order valence-electron chi connectivity index (χ1n) is 10.7. The fourth-order valence-electron chi connectivity index (χ4n) is 3.44. The molecule has 174 valence electrons. The van der Waals surface area contributed by atoms with Gasteiger partial charge in [0.05, 0.1) is 28.5 Å². The number of halogens is 1. The molecule has 0 aliphatic heterocycles. The third-order valence-electron chi connectivity index (χ3n) is 5.25. The topological polar surface area (TPSA) is 104 Å². The summed E-state index contributed by atoms with van der Waals surface area (Å²) in [5.41, 5.74) is 1.79. The molecule has 1 unspecified atom stereocenters. The fourth-order valence-corrected chi connectivity index (χ4v) is 4.55. The highest BCUT2D eigenvalue weighted by molar-refractivity contribution is 7.92.